The maximum atomic E-state index is 9.13. The monoisotopic (exact) mass is 158 g/mol. The number of methoxy groups -OCH3 is 1. The third-order valence-corrected chi connectivity index (χ3v) is 2.77. The van der Waals surface area contributed by atoms with Crippen molar-refractivity contribution in [1.82, 2.24) is 0 Å². The number of aliphatic hydroxyl groups is 1. The lowest BCUT2D eigenvalue weighted by molar-refractivity contribution is -0.0862. The van der Waals surface area contributed by atoms with Crippen LogP contribution in [0.3, 0.4) is 0 Å². The van der Waals surface area contributed by atoms with E-state index in [2.05, 4.69) is 6.92 Å². The highest BCUT2D eigenvalue weighted by atomic mass is 16.5. The van der Waals surface area contributed by atoms with Crippen LogP contribution in [0.5, 0.6) is 0 Å². The molecule has 1 N–H and O–H groups in total. The van der Waals surface area contributed by atoms with Crippen molar-refractivity contribution in [1.29, 1.82) is 0 Å². The Bertz CT molecular complexity index is 119. The van der Waals surface area contributed by atoms with E-state index in [4.69, 9.17) is 9.84 Å². The molecule has 0 radical (unpaired) electrons. The Morgan fingerprint density at radius 3 is 2.73 bits per heavy atom. The first-order valence-electron chi connectivity index (χ1n) is 4.38. The fourth-order valence-corrected chi connectivity index (χ4v) is 2.01. The van der Waals surface area contributed by atoms with Gasteiger partial charge in [-0.3, -0.25) is 0 Å². The zero-order valence-electron chi connectivity index (χ0n) is 7.47. The lowest BCUT2D eigenvalue weighted by Gasteiger charge is -2.37. The molecule has 0 bridgehead atoms. The zero-order valence-corrected chi connectivity index (χ0v) is 7.47. The molecule has 1 rings (SSSR count). The molecule has 1 saturated carbocycles. The summed E-state index contributed by atoms with van der Waals surface area (Å²) < 4.78 is 5.35. The highest BCUT2D eigenvalue weighted by Crippen LogP contribution is 2.34. The number of ether oxygens (including phenoxy) is 1. The molecule has 0 aromatic carbocycles. The van der Waals surface area contributed by atoms with Crippen LogP contribution in [0.25, 0.3) is 0 Å². The second-order valence-corrected chi connectivity index (χ2v) is 3.75. The number of aliphatic hydroxyl groups excluding tert-OH is 1. The molecular weight excluding hydrogens is 140 g/mol. The molecule has 0 spiro atoms. The van der Waals surface area contributed by atoms with Gasteiger partial charge in [-0.05, 0) is 18.8 Å². The average Bonchev–Trinajstić information content (AvgIpc) is 2.04. The van der Waals surface area contributed by atoms with E-state index < -0.39 is 0 Å². The van der Waals surface area contributed by atoms with Gasteiger partial charge in [-0.15, -0.1) is 0 Å². The van der Waals surface area contributed by atoms with Gasteiger partial charge in [-0.1, -0.05) is 19.8 Å². The molecule has 66 valence electrons. The van der Waals surface area contributed by atoms with Crippen molar-refractivity contribution in [3.8, 4) is 0 Å². The standard InChI is InChI=1S/C9H18O2/c1-8-4-3-5-9(6-8,7-10)11-2/h8,10H,3-7H2,1-2H3. The predicted octanol–water partition coefficient (Wildman–Crippen LogP) is 1.57. The first-order valence-corrected chi connectivity index (χ1v) is 4.38. The molecule has 0 amide bonds. The molecule has 11 heavy (non-hydrogen) atoms. The molecule has 0 saturated heterocycles. The summed E-state index contributed by atoms with van der Waals surface area (Å²) in [6.07, 6.45) is 4.50. The largest absolute Gasteiger partial charge is 0.393 e. The fraction of sp³-hybridized carbons (Fsp3) is 1.00. The average molecular weight is 158 g/mol. The van der Waals surface area contributed by atoms with Crippen molar-refractivity contribution in [2.24, 2.45) is 5.92 Å². The Hall–Kier alpha value is -0.0800. The smallest absolute Gasteiger partial charge is 0.0910 e. The van der Waals surface area contributed by atoms with E-state index in [0.717, 1.165) is 12.8 Å². The Morgan fingerprint density at radius 1 is 1.64 bits per heavy atom. The van der Waals surface area contributed by atoms with Gasteiger partial charge in [-0.2, -0.15) is 0 Å². The maximum absolute atomic E-state index is 9.13. The summed E-state index contributed by atoms with van der Waals surface area (Å²) >= 11 is 0. The van der Waals surface area contributed by atoms with E-state index in [-0.39, 0.29) is 12.2 Å². The van der Waals surface area contributed by atoms with Gasteiger partial charge in [-0.25, -0.2) is 0 Å². The van der Waals surface area contributed by atoms with Gasteiger partial charge < -0.3 is 9.84 Å². The van der Waals surface area contributed by atoms with Gasteiger partial charge in [0, 0.05) is 7.11 Å². The second kappa shape index (κ2) is 3.55. The van der Waals surface area contributed by atoms with Crippen LogP contribution in [-0.2, 0) is 4.74 Å². The normalized spacial score (nSPS) is 39.0. The molecule has 2 atom stereocenters. The van der Waals surface area contributed by atoms with Crippen molar-refractivity contribution in [3.63, 3.8) is 0 Å². The molecule has 0 aliphatic heterocycles. The van der Waals surface area contributed by atoms with Gasteiger partial charge >= 0.3 is 0 Å². The lowest BCUT2D eigenvalue weighted by Crippen LogP contribution is -2.40. The SMILES string of the molecule is COC1(CO)CCCC(C)C1. The van der Waals surface area contributed by atoms with Crippen LogP contribution in [0, 0.1) is 5.92 Å². The first-order chi connectivity index (χ1) is 5.22. The van der Waals surface area contributed by atoms with E-state index in [1.807, 2.05) is 0 Å². The van der Waals surface area contributed by atoms with E-state index >= 15 is 0 Å². The Morgan fingerprint density at radius 2 is 2.36 bits per heavy atom. The lowest BCUT2D eigenvalue weighted by atomic mass is 9.79. The molecule has 1 fully saturated rings. The van der Waals surface area contributed by atoms with E-state index in [0.29, 0.717) is 5.92 Å². The molecule has 2 unspecified atom stereocenters. The fourth-order valence-electron chi connectivity index (χ4n) is 2.01. The van der Waals surface area contributed by atoms with Crippen molar-refractivity contribution >= 4 is 0 Å². The number of rotatable bonds is 2. The topological polar surface area (TPSA) is 29.5 Å². The van der Waals surface area contributed by atoms with E-state index in [1.165, 1.54) is 12.8 Å². The highest BCUT2D eigenvalue weighted by molar-refractivity contribution is 4.85. The van der Waals surface area contributed by atoms with Crippen LogP contribution in [-0.4, -0.2) is 24.4 Å². The quantitative estimate of drug-likeness (QED) is 0.661. The molecule has 1 aliphatic carbocycles. The molecule has 1 aliphatic rings. The molecule has 0 aromatic rings. The minimum atomic E-state index is -0.211. The van der Waals surface area contributed by atoms with Crippen molar-refractivity contribution in [3.05, 3.63) is 0 Å². The summed E-state index contributed by atoms with van der Waals surface area (Å²) in [6.45, 7) is 2.40. The van der Waals surface area contributed by atoms with Crippen molar-refractivity contribution < 1.29 is 9.84 Å². The van der Waals surface area contributed by atoms with Crippen LogP contribution in [0.2, 0.25) is 0 Å². The predicted molar refractivity (Wildman–Crippen MR) is 44.5 cm³/mol. The number of hydrogen-bond donors (Lipinski definition) is 1. The minimum Gasteiger partial charge on any atom is -0.393 e. The summed E-state index contributed by atoms with van der Waals surface area (Å²) in [5, 5.41) is 9.13. The maximum Gasteiger partial charge on any atom is 0.0910 e. The molecular formula is C9H18O2. The van der Waals surface area contributed by atoms with Gasteiger partial charge in [0.2, 0.25) is 0 Å². The van der Waals surface area contributed by atoms with Crippen molar-refractivity contribution in [2.45, 2.75) is 38.2 Å². The molecule has 2 heteroatoms. The van der Waals surface area contributed by atoms with Gasteiger partial charge in [0.05, 0.1) is 12.2 Å². The van der Waals surface area contributed by atoms with Gasteiger partial charge in [0.25, 0.3) is 0 Å². The molecule has 0 aromatic heterocycles. The van der Waals surface area contributed by atoms with Crippen LogP contribution in [0.1, 0.15) is 32.6 Å². The van der Waals surface area contributed by atoms with Crippen LogP contribution in [0.4, 0.5) is 0 Å². The van der Waals surface area contributed by atoms with Gasteiger partial charge in [0.15, 0.2) is 0 Å². The highest BCUT2D eigenvalue weighted by Gasteiger charge is 2.33. The van der Waals surface area contributed by atoms with Crippen LogP contribution >= 0.6 is 0 Å². The van der Waals surface area contributed by atoms with Crippen LogP contribution in [0.15, 0.2) is 0 Å². The molecule has 0 heterocycles. The Labute approximate surface area is 68.6 Å². The van der Waals surface area contributed by atoms with Crippen LogP contribution < -0.4 is 0 Å². The van der Waals surface area contributed by atoms with Crippen molar-refractivity contribution in [2.75, 3.05) is 13.7 Å². The summed E-state index contributed by atoms with van der Waals surface area (Å²) in [6, 6.07) is 0. The Balaban J connectivity index is 2.52. The van der Waals surface area contributed by atoms with Gasteiger partial charge in [0.1, 0.15) is 0 Å². The summed E-state index contributed by atoms with van der Waals surface area (Å²) in [5.41, 5.74) is -0.211. The third-order valence-electron chi connectivity index (χ3n) is 2.77. The minimum absolute atomic E-state index is 0.174. The third kappa shape index (κ3) is 1.94. The van der Waals surface area contributed by atoms with E-state index in [1.54, 1.807) is 7.11 Å². The Kier molecular flexibility index (Phi) is 2.90. The summed E-state index contributed by atoms with van der Waals surface area (Å²) in [4.78, 5) is 0. The second-order valence-electron chi connectivity index (χ2n) is 3.75. The number of hydrogen-bond acceptors (Lipinski definition) is 2. The summed E-state index contributed by atoms with van der Waals surface area (Å²) in [5.74, 6) is 0.704. The zero-order chi connectivity index (χ0) is 8.32. The molecule has 2 nitrogen and oxygen atoms in total. The summed E-state index contributed by atoms with van der Waals surface area (Å²) in [7, 11) is 1.70. The van der Waals surface area contributed by atoms with E-state index in [9.17, 15) is 0 Å². The first kappa shape index (κ1) is 9.01.